The Morgan fingerprint density at radius 1 is 1.38 bits per heavy atom. The first-order valence-electron chi connectivity index (χ1n) is 8.30. The Bertz CT molecular complexity index is 917. The van der Waals surface area contributed by atoms with E-state index in [1.54, 1.807) is 15.9 Å². The molecule has 0 radical (unpaired) electrons. The molecule has 1 atom stereocenters. The van der Waals surface area contributed by atoms with E-state index in [-0.39, 0.29) is 24.3 Å². The standard InChI is InChI=1S/C17H23N7OS/c1-10-13(11(2)24-17(20-10)21-16(18)22-24)7-15(25)19-8-14(23(3)4)12-5-6-26-9-12/h5-6,9,14H,7-8H2,1-4H3,(H2,18,22)(H,19,25)/t14-/m1/s1. The lowest BCUT2D eigenvalue weighted by Gasteiger charge is -2.24. The molecule has 0 aromatic carbocycles. The monoisotopic (exact) mass is 373 g/mol. The number of likely N-dealkylation sites (N-methyl/N-ethyl adjacent to an activating group) is 1. The molecular formula is C17H23N7OS. The Hall–Kier alpha value is -2.52. The summed E-state index contributed by atoms with van der Waals surface area (Å²) in [5, 5.41) is 11.3. The Labute approximate surface area is 156 Å². The minimum atomic E-state index is -0.0486. The number of nitrogens with two attached hydrogens (primary N) is 1. The molecule has 3 rings (SSSR count). The molecule has 1 amide bonds. The molecule has 0 aliphatic heterocycles. The van der Waals surface area contributed by atoms with Crippen molar-refractivity contribution in [1.29, 1.82) is 0 Å². The van der Waals surface area contributed by atoms with E-state index in [2.05, 4.69) is 36.7 Å². The number of aryl methyl sites for hydroxylation is 2. The fourth-order valence-electron chi connectivity index (χ4n) is 2.98. The molecule has 0 unspecified atom stereocenters. The van der Waals surface area contributed by atoms with Crippen LogP contribution >= 0.6 is 11.3 Å². The van der Waals surface area contributed by atoms with Gasteiger partial charge in [-0.25, -0.2) is 4.98 Å². The Balaban J connectivity index is 1.73. The largest absolute Gasteiger partial charge is 0.366 e. The topological polar surface area (TPSA) is 101 Å². The van der Waals surface area contributed by atoms with Gasteiger partial charge in [0.25, 0.3) is 5.78 Å². The smallest absolute Gasteiger partial charge is 0.254 e. The number of thiophene rings is 1. The van der Waals surface area contributed by atoms with Gasteiger partial charge in [-0.15, -0.1) is 5.10 Å². The Kier molecular flexibility index (Phi) is 5.19. The number of nitrogens with zero attached hydrogens (tertiary/aromatic N) is 5. The molecule has 138 valence electrons. The van der Waals surface area contributed by atoms with E-state index >= 15 is 0 Å². The zero-order chi connectivity index (χ0) is 18.8. The van der Waals surface area contributed by atoms with Gasteiger partial charge in [-0.2, -0.15) is 20.8 Å². The van der Waals surface area contributed by atoms with Crippen molar-refractivity contribution >= 4 is 29.0 Å². The number of hydrogen-bond donors (Lipinski definition) is 2. The second-order valence-electron chi connectivity index (χ2n) is 6.46. The van der Waals surface area contributed by atoms with Crippen LogP contribution in [-0.2, 0) is 11.2 Å². The first-order valence-corrected chi connectivity index (χ1v) is 9.24. The minimum Gasteiger partial charge on any atom is -0.366 e. The summed E-state index contributed by atoms with van der Waals surface area (Å²) in [7, 11) is 4.02. The minimum absolute atomic E-state index is 0.0486. The van der Waals surface area contributed by atoms with Crippen LogP contribution in [0.3, 0.4) is 0 Å². The van der Waals surface area contributed by atoms with E-state index in [0.717, 1.165) is 17.0 Å². The molecule has 9 heteroatoms. The Morgan fingerprint density at radius 2 is 2.15 bits per heavy atom. The number of nitrogens with one attached hydrogen (secondary N) is 1. The van der Waals surface area contributed by atoms with Crippen molar-refractivity contribution in [2.24, 2.45) is 0 Å². The van der Waals surface area contributed by atoms with Crippen LogP contribution in [0.4, 0.5) is 5.95 Å². The van der Waals surface area contributed by atoms with Gasteiger partial charge in [-0.1, -0.05) is 0 Å². The number of nitrogen functional groups attached to an aromatic ring is 1. The summed E-state index contributed by atoms with van der Waals surface area (Å²) in [5.74, 6) is 0.575. The Morgan fingerprint density at radius 3 is 2.81 bits per heavy atom. The van der Waals surface area contributed by atoms with Gasteiger partial charge >= 0.3 is 0 Å². The first kappa shape index (κ1) is 18.3. The average Bonchev–Trinajstić information content (AvgIpc) is 3.21. The van der Waals surface area contributed by atoms with E-state index in [1.165, 1.54) is 5.56 Å². The van der Waals surface area contributed by atoms with E-state index in [9.17, 15) is 4.79 Å². The van der Waals surface area contributed by atoms with E-state index < -0.39 is 0 Å². The predicted molar refractivity (Wildman–Crippen MR) is 102 cm³/mol. The number of hydrogen-bond acceptors (Lipinski definition) is 7. The third kappa shape index (κ3) is 3.68. The van der Waals surface area contributed by atoms with Crippen LogP contribution in [-0.4, -0.2) is 51.0 Å². The molecule has 0 spiro atoms. The summed E-state index contributed by atoms with van der Waals surface area (Å²) in [5.41, 5.74) is 9.29. The van der Waals surface area contributed by atoms with Gasteiger partial charge in [0.1, 0.15) is 0 Å². The molecular weight excluding hydrogens is 350 g/mol. The molecule has 8 nitrogen and oxygen atoms in total. The number of anilines is 1. The fraction of sp³-hybridized carbons (Fsp3) is 0.412. The van der Waals surface area contributed by atoms with Crippen molar-refractivity contribution < 1.29 is 4.79 Å². The van der Waals surface area contributed by atoms with E-state index in [1.807, 2.05) is 33.3 Å². The highest BCUT2D eigenvalue weighted by atomic mass is 32.1. The van der Waals surface area contributed by atoms with E-state index in [0.29, 0.717) is 12.3 Å². The van der Waals surface area contributed by atoms with Gasteiger partial charge in [0.15, 0.2) is 0 Å². The zero-order valence-corrected chi connectivity index (χ0v) is 16.2. The second kappa shape index (κ2) is 7.38. The molecule has 3 aromatic heterocycles. The summed E-state index contributed by atoms with van der Waals surface area (Å²) in [6.45, 7) is 4.31. The van der Waals surface area contributed by atoms with Gasteiger partial charge in [0, 0.05) is 23.5 Å². The highest BCUT2D eigenvalue weighted by Crippen LogP contribution is 2.20. The van der Waals surface area contributed by atoms with Crippen molar-refractivity contribution in [3.63, 3.8) is 0 Å². The van der Waals surface area contributed by atoms with Crippen LogP contribution in [0.1, 0.15) is 28.6 Å². The summed E-state index contributed by atoms with van der Waals surface area (Å²) in [4.78, 5) is 23.1. The third-order valence-corrected chi connectivity index (χ3v) is 5.15. The van der Waals surface area contributed by atoms with Crippen LogP contribution in [0.25, 0.3) is 5.78 Å². The number of carbonyl (C=O) groups excluding carboxylic acids is 1. The van der Waals surface area contributed by atoms with Crippen LogP contribution in [0.5, 0.6) is 0 Å². The maximum Gasteiger partial charge on any atom is 0.254 e. The molecule has 0 saturated heterocycles. The van der Waals surface area contributed by atoms with Crippen LogP contribution < -0.4 is 11.1 Å². The van der Waals surface area contributed by atoms with Crippen molar-refractivity contribution in [1.82, 2.24) is 29.8 Å². The lowest BCUT2D eigenvalue weighted by molar-refractivity contribution is -0.120. The van der Waals surface area contributed by atoms with Crippen molar-refractivity contribution in [3.05, 3.63) is 39.3 Å². The maximum absolute atomic E-state index is 12.5. The average molecular weight is 373 g/mol. The van der Waals surface area contributed by atoms with Gasteiger partial charge in [0.05, 0.1) is 12.5 Å². The number of fused-ring (bicyclic) bond motifs is 1. The SMILES string of the molecule is Cc1nc2nc(N)nn2c(C)c1CC(=O)NC[C@H](c1ccsc1)N(C)C. The molecule has 3 N–H and O–H groups in total. The molecule has 0 bridgehead atoms. The highest BCUT2D eigenvalue weighted by Gasteiger charge is 2.18. The van der Waals surface area contributed by atoms with E-state index in [4.69, 9.17) is 5.73 Å². The lowest BCUT2D eigenvalue weighted by Crippen LogP contribution is -2.35. The van der Waals surface area contributed by atoms with Gasteiger partial charge in [-0.3, -0.25) is 4.79 Å². The number of aromatic nitrogens is 4. The first-order chi connectivity index (χ1) is 12.4. The summed E-state index contributed by atoms with van der Waals surface area (Å²) in [6.07, 6.45) is 0.240. The highest BCUT2D eigenvalue weighted by molar-refractivity contribution is 7.07. The maximum atomic E-state index is 12.5. The summed E-state index contributed by atoms with van der Waals surface area (Å²) < 4.78 is 1.58. The van der Waals surface area contributed by atoms with Crippen LogP contribution in [0.2, 0.25) is 0 Å². The predicted octanol–water partition coefficient (Wildman–Crippen LogP) is 1.35. The van der Waals surface area contributed by atoms with Gasteiger partial charge in [0.2, 0.25) is 11.9 Å². The number of rotatable bonds is 6. The summed E-state index contributed by atoms with van der Waals surface area (Å²) >= 11 is 1.66. The molecule has 3 heterocycles. The zero-order valence-electron chi connectivity index (χ0n) is 15.4. The fourth-order valence-corrected chi connectivity index (χ4v) is 3.68. The number of amides is 1. The molecule has 0 fully saturated rings. The van der Waals surface area contributed by atoms with Gasteiger partial charge < -0.3 is 16.0 Å². The van der Waals surface area contributed by atoms with Crippen molar-refractivity contribution in [2.45, 2.75) is 26.3 Å². The number of carbonyl (C=O) groups is 1. The quantitative estimate of drug-likeness (QED) is 0.676. The molecule has 0 aliphatic carbocycles. The molecule has 3 aromatic rings. The van der Waals surface area contributed by atoms with Crippen molar-refractivity contribution in [2.75, 3.05) is 26.4 Å². The second-order valence-corrected chi connectivity index (χ2v) is 7.24. The third-order valence-electron chi connectivity index (χ3n) is 4.45. The molecule has 0 saturated carbocycles. The molecule has 0 aliphatic rings. The lowest BCUT2D eigenvalue weighted by atomic mass is 10.1. The summed E-state index contributed by atoms with van der Waals surface area (Å²) in [6, 6.07) is 2.23. The van der Waals surface area contributed by atoms with Crippen LogP contribution in [0.15, 0.2) is 16.8 Å². The molecule has 26 heavy (non-hydrogen) atoms. The van der Waals surface area contributed by atoms with Crippen LogP contribution in [0, 0.1) is 13.8 Å². The van der Waals surface area contributed by atoms with Gasteiger partial charge in [-0.05, 0) is 50.3 Å². The van der Waals surface area contributed by atoms with Crippen molar-refractivity contribution in [3.8, 4) is 0 Å². The normalized spacial score (nSPS) is 12.7.